The van der Waals surface area contributed by atoms with Crippen molar-refractivity contribution in [1.29, 1.82) is 0 Å². The molecule has 7 nitrogen and oxygen atoms in total. The summed E-state index contributed by atoms with van der Waals surface area (Å²) in [5.74, 6) is -0.230. The normalized spacial score (nSPS) is 18.7. The first-order valence-electron chi connectivity index (χ1n) is 9.01. The molecule has 0 atom stereocenters. The summed E-state index contributed by atoms with van der Waals surface area (Å²) in [6.45, 7) is 3.33. The first-order valence-corrected chi connectivity index (χ1v) is 10.5. The fourth-order valence-electron chi connectivity index (χ4n) is 3.86. The third kappa shape index (κ3) is 3.54. The second kappa shape index (κ2) is 6.94. The minimum atomic E-state index is -3.89. The Morgan fingerprint density at radius 3 is 2.56 bits per heavy atom. The molecule has 0 aliphatic carbocycles. The van der Waals surface area contributed by atoms with Crippen LogP contribution in [-0.2, 0) is 10.0 Å². The molecule has 0 bridgehead atoms. The number of nitrogens with zero attached hydrogens (tertiary/aromatic N) is 2. The van der Waals surface area contributed by atoms with E-state index in [2.05, 4.69) is 15.0 Å². The summed E-state index contributed by atoms with van der Waals surface area (Å²) in [6.07, 6.45) is 5.10. The van der Waals surface area contributed by atoms with Gasteiger partial charge in [-0.2, -0.15) is 0 Å². The summed E-state index contributed by atoms with van der Waals surface area (Å²) in [5.41, 5.74) is 0.762. The Bertz CT molecular complexity index is 932. The SMILES string of the molecule is O=C(c1ccccc1S(=O)(=O)Nc1cccnc1)N1CC2(CCNCC2)C1. The summed E-state index contributed by atoms with van der Waals surface area (Å²) in [7, 11) is -3.89. The Morgan fingerprint density at radius 2 is 1.85 bits per heavy atom. The molecular formula is C19H22N4O3S. The maximum absolute atomic E-state index is 13.0. The van der Waals surface area contributed by atoms with Crippen molar-refractivity contribution in [2.24, 2.45) is 5.41 Å². The van der Waals surface area contributed by atoms with Crippen LogP contribution < -0.4 is 10.0 Å². The molecule has 2 fully saturated rings. The van der Waals surface area contributed by atoms with Gasteiger partial charge in [0.15, 0.2) is 0 Å². The number of aromatic nitrogens is 1. The summed E-state index contributed by atoms with van der Waals surface area (Å²) in [4.78, 5) is 18.6. The Labute approximate surface area is 158 Å². The molecule has 8 heteroatoms. The standard InChI is InChI=1S/C19H22N4O3S/c24-18(23-13-19(14-23)7-10-20-11-8-19)16-5-1-2-6-17(16)27(25,26)22-15-4-3-9-21-12-15/h1-6,9,12,20,22H,7-8,10-11,13-14H2. The molecule has 2 saturated heterocycles. The second-order valence-electron chi connectivity index (χ2n) is 7.25. The lowest BCUT2D eigenvalue weighted by Crippen LogP contribution is -2.61. The number of carbonyl (C=O) groups is 1. The predicted molar refractivity (Wildman–Crippen MR) is 102 cm³/mol. The minimum Gasteiger partial charge on any atom is -0.337 e. The average Bonchev–Trinajstić information content (AvgIpc) is 2.66. The van der Waals surface area contributed by atoms with Crippen LogP contribution in [0.3, 0.4) is 0 Å². The highest BCUT2D eigenvalue weighted by atomic mass is 32.2. The van der Waals surface area contributed by atoms with Crippen LogP contribution in [0.25, 0.3) is 0 Å². The second-order valence-corrected chi connectivity index (χ2v) is 8.91. The highest BCUT2D eigenvalue weighted by Crippen LogP contribution is 2.39. The Balaban J connectivity index is 1.55. The molecule has 2 aromatic rings. The van der Waals surface area contributed by atoms with Crippen LogP contribution in [0.4, 0.5) is 5.69 Å². The number of piperidine rings is 1. The molecule has 0 unspecified atom stereocenters. The van der Waals surface area contributed by atoms with Crippen molar-refractivity contribution in [3.05, 3.63) is 54.4 Å². The van der Waals surface area contributed by atoms with Crippen molar-refractivity contribution in [1.82, 2.24) is 15.2 Å². The number of benzene rings is 1. The van der Waals surface area contributed by atoms with Crippen LogP contribution >= 0.6 is 0 Å². The van der Waals surface area contributed by atoms with Gasteiger partial charge in [-0.15, -0.1) is 0 Å². The fraction of sp³-hybridized carbons (Fsp3) is 0.368. The molecule has 142 valence electrons. The summed E-state index contributed by atoms with van der Waals surface area (Å²) < 4.78 is 28.2. The molecule has 2 N–H and O–H groups in total. The van der Waals surface area contributed by atoms with E-state index < -0.39 is 10.0 Å². The lowest BCUT2D eigenvalue weighted by atomic mass is 9.72. The van der Waals surface area contributed by atoms with Crippen molar-refractivity contribution >= 4 is 21.6 Å². The number of likely N-dealkylation sites (tertiary alicyclic amines) is 1. The van der Waals surface area contributed by atoms with Crippen LogP contribution in [0.5, 0.6) is 0 Å². The summed E-state index contributed by atoms with van der Waals surface area (Å²) in [5, 5.41) is 3.34. The Hall–Kier alpha value is -2.45. The van der Waals surface area contributed by atoms with E-state index in [0.29, 0.717) is 18.8 Å². The smallest absolute Gasteiger partial charge is 0.262 e. The lowest BCUT2D eigenvalue weighted by molar-refractivity contribution is -0.0116. The maximum atomic E-state index is 13.0. The molecule has 3 heterocycles. The first-order chi connectivity index (χ1) is 13.0. The van der Waals surface area contributed by atoms with Gasteiger partial charge in [0.2, 0.25) is 0 Å². The zero-order valence-corrected chi connectivity index (χ0v) is 15.7. The van der Waals surface area contributed by atoms with Crippen LogP contribution in [0, 0.1) is 5.41 Å². The monoisotopic (exact) mass is 386 g/mol. The van der Waals surface area contributed by atoms with E-state index in [-0.39, 0.29) is 21.8 Å². The van der Waals surface area contributed by atoms with Crippen LogP contribution in [0.1, 0.15) is 23.2 Å². The van der Waals surface area contributed by atoms with Crippen molar-refractivity contribution < 1.29 is 13.2 Å². The van der Waals surface area contributed by atoms with Gasteiger partial charge >= 0.3 is 0 Å². The van der Waals surface area contributed by atoms with Crippen molar-refractivity contribution in [2.45, 2.75) is 17.7 Å². The van der Waals surface area contributed by atoms with Crippen molar-refractivity contribution in [3.63, 3.8) is 0 Å². The number of amides is 1. The number of hydrogen-bond donors (Lipinski definition) is 2. The summed E-state index contributed by atoms with van der Waals surface area (Å²) >= 11 is 0. The largest absolute Gasteiger partial charge is 0.337 e. The number of nitrogens with one attached hydrogen (secondary N) is 2. The molecule has 0 saturated carbocycles. The zero-order valence-electron chi connectivity index (χ0n) is 14.9. The van der Waals surface area contributed by atoms with Gasteiger partial charge in [0.25, 0.3) is 15.9 Å². The van der Waals surface area contributed by atoms with Gasteiger partial charge in [-0.05, 0) is 50.2 Å². The molecule has 4 rings (SSSR count). The number of carbonyl (C=O) groups excluding carboxylic acids is 1. The van der Waals surface area contributed by atoms with Gasteiger partial charge in [0, 0.05) is 24.7 Å². The zero-order chi connectivity index (χ0) is 18.9. The van der Waals surface area contributed by atoms with E-state index in [1.165, 1.54) is 12.3 Å². The summed E-state index contributed by atoms with van der Waals surface area (Å²) in [6, 6.07) is 9.62. The minimum absolute atomic E-state index is 0.00915. The van der Waals surface area contributed by atoms with E-state index in [0.717, 1.165) is 25.9 Å². The highest BCUT2D eigenvalue weighted by Gasteiger charge is 2.46. The van der Waals surface area contributed by atoms with Gasteiger partial charge in [-0.3, -0.25) is 14.5 Å². The quantitative estimate of drug-likeness (QED) is 0.835. The first kappa shape index (κ1) is 17.9. The van der Waals surface area contributed by atoms with E-state index in [1.807, 2.05) is 0 Å². The fourth-order valence-corrected chi connectivity index (χ4v) is 5.11. The number of rotatable bonds is 4. The molecule has 1 aromatic carbocycles. The van der Waals surface area contributed by atoms with E-state index in [1.54, 1.807) is 41.4 Å². The van der Waals surface area contributed by atoms with E-state index >= 15 is 0 Å². The molecule has 1 aromatic heterocycles. The number of anilines is 1. The third-order valence-corrected chi connectivity index (χ3v) is 6.76. The number of sulfonamides is 1. The Kier molecular flexibility index (Phi) is 4.61. The molecular weight excluding hydrogens is 364 g/mol. The number of hydrogen-bond acceptors (Lipinski definition) is 5. The van der Waals surface area contributed by atoms with Gasteiger partial charge in [-0.25, -0.2) is 8.42 Å². The maximum Gasteiger partial charge on any atom is 0.262 e. The number of pyridine rings is 1. The van der Waals surface area contributed by atoms with Crippen molar-refractivity contribution in [3.8, 4) is 0 Å². The van der Waals surface area contributed by atoms with Gasteiger partial charge < -0.3 is 10.2 Å². The molecule has 2 aliphatic rings. The van der Waals surface area contributed by atoms with Gasteiger partial charge in [0.05, 0.1) is 17.4 Å². The topological polar surface area (TPSA) is 91.4 Å². The van der Waals surface area contributed by atoms with E-state index in [9.17, 15) is 13.2 Å². The molecule has 0 radical (unpaired) electrons. The highest BCUT2D eigenvalue weighted by molar-refractivity contribution is 7.92. The van der Waals surface area contributed by atoms with Gasteiger partial charge in [-0.1, -0.05) is 12.1 Å². The van der Waals surface area contributed by atoms with E-state index in [4.69, 9.17) is 0 Å². The molecule has 2 aliphatic heterocycles. The Morgan fingerprint density at radius 1 is 1.11 bits per heavy atom. The predicted octanol–water partition coefficient (Wildman–Crippen LogP) is 1.71. The van der Waals surface area contributed by atoms with Crippen LogP contribution in [-0.4, -0.2) is 50.4 Å². The van der Waals surface area contributed by atoms with Gasteiger partial charge in [0.1, 0.15) is 4.90 Å². The third-order valence-electron chi connectivity index (χ3n) is 5.32. The van der Waals surface area contributed by atoms with Crippen molar-refractivity contribution in [2.75, 3.05) is 30.9 Å². The van der Waals surface area contributed by atoms with Crippen LogP contribution in [0.2, 0.25) is 0 Å². The van der Waals surface area contributed by atoms with Crippen LogP contribution in [0.15, 0.2) is 53.7 Å². The lowest BCUT2D eigenvalue weighted by Gasteiger charge is -2.52. The molecule has 27 heavy (non-hydrogen) atoms. The molecule has 1 spiro atoms. The average molecular weight is 386 g/mol. The molecule has 1 amide bonds.